The zero-order chi connectivity index (χ0) is 14.1. The highest BCUT2D eigenvalue weighted by Gasteiger charge is 2.07. The average molecular weight is 264 g/mol. The molecule has 5 heteroatoms. The maximum atomic E-state index is 5.09. The molecular formula is C14H24N4O. The molecule has 0 fully saturated rings. The van der Waals surface area contributed by atoms with Crippen LogP contribution in [0.15, 0.2) is 24.8 Å². The van der Waals surface area contributed by atoms with Crippen molar-refractivity contribution in [2.24, 2.45) is 0 Å². The third kappa shape index (κ3) is 5.81. The first-order valence-electron chi connectivity index (χ1n) is 6.58. The normalized spacial score (nSPS) is 10.7. The van der Waals surface area contributed by atoms with Crippen LogP contribution in [0.3, 0.4) is 0 Å². The number of nitrogens with one attached hydrogen (secondary N) is 1. The highest BCUT2D eigenvalue weighted by atomic mass is 16.5. The van der Waals surface area contributed by atoms with Crippen molar-refractivity contribution in [1.29, 1.82) is 0 Å². The van der Waals surface area contributed by atoms with Crippen LogP contribution in [0, 0.1) is 0 Å². The van der Waals surface area contributed by atoms with E-state index in [1.165, 1.54) is 0 Å². The maximum Gasteiger partial charge on any atom is 0.151 e. The number of rotatable bonds is 9. The van der Waals surface area contributed by atoms with E-state index in [2.05, 4.69) is 40.8 Å². The molecule has 0 aromatic carbocycles. The first kappa shape index (κ1) is 15.6. The van der Waals surface area contributed by atoms with Gasteiger partial charge in [-0.25, -0.2) is 0 Å². The molecule has 0 saturated carbocycles. The van der Waals surface area contributed by atoms with Crippen molar-refractivity contribution in [3.63, 3.8) is 0 Å². The molecule has 0 aliphatic rings. The second-order valence-corrected chi connectivity index (χ2v) is 4.65. The minimum Gasteiger partial charge on any atom is -0.383 e. The van der Waals surface area contributed by atoms with Gasteiger partial charge < -0.3 is 15.0 Å². The highest BCUT2D eigenvalue weighted by Crippen LogP contribution is 2.09. The van der Waals surface area contributed by atoms with Gasteiger partial charge in [-0.2, -0.15) is 5.10 Å². The van der Waals surface area contributed by atoms with Gasteiger partial charge in [-0.05, 0) is 12.1 Å². The zero-order valence-electron chi connectivity index (χ0n) is 12.1. The SMILES string of the molecule is C=CCN(CCOC)c1ccc(CNC(C)C)nn1. The Morgan fingerprint density at radius 1 is 1.42 bits per heavy atom. The Morgan fingerprint density at radius 3 is 2.74 bits per heavy atom. The number of ether oxygens (including phenoxy) is 1. The fourth-order valence-electron chi connectivity index (χ4n) is 1.58. The maximum absolute atomic E-state index is 5.09. The largest absolute Gasteiger partial charge is 0.383 e. The average Bonchev–Trinajstić information content (AvgIpc) is 2.42. The zero-order valence-corrected chi connectivity index (χ0v) is 12.1. The van der Waals surface area contributed by atoms with Gasteiger partial charge in [0, 0.05) is 32.8 Å². The van der Waals surface area contributed by atoms with E-state index in [1.54, 1.807) is 7.11 Å². The van der Waals surface area contributed by atoms with E-state index in [0.29, 0.717) is 12.6 Å². The molecule has 0 atom stereocenters. The Hall–Kier alpha value is -1.46. The second kappa shape index (κ2) is 8.61. The summed E-state index contributed by atoms with van der Waals surface area (Å²) in [6.07, 6.45) is 1.85. The lowest BCUT2D eigenvalue weighted by atomic mass is 10.3. The van der Waals surface area contributed by atoms with Crippen molar-refractivity contribution in [2.45, 2.75) is 26.4 Å². The number of nitrogens with zero attached hydrogens (tertiary/aromatic N) is 3. The third-order valence-corrected chi connectivity index (χ3v) is 2.64. The van der Waals surface area contributed by atoms with Crippen molar-refractivity contribution in [3.05, 3.63) is 30.5 Å². The summed E-state index contributed by atoms with van der Waals surface area (Å²) in [7, 11) is 1.69. The number of hydrogen-bond donors (Lipinski definition) is 1. The van der Waals surface area contributed by atoms with Gasteiger partial charge in [-0.15, -0.1) is 11.7 Å². The van der Waals surface area contributed by atoms with Gasteiger partial charge in [0.15, 0.2) is 5.82 Å². The van der Waals surface area contributed by atoms with Crippen LogP contribution in [0.4, 0.5) is 5.82 Å². The molecule has 0 aliphatic heterocycles. The van der Waals surface area contributed by atoms with Crippen molar-refractivity contribution in [1.82, 2.24) is 15.5 Å². The summed E-state index contributed by atoms with van der Waals surface area (Å²) in [6, 6.07) is 4.44. The van der Waals surface area contributed by atoms with Crippen LogP contribution in [-0.4, -0.2) is 43.0 Å². The van der Waals surface area contributed by atoms with Crippen molar-refractivity contribution in [2.75, 3.05) is 31.7 Å². The molecular weight excluding hydrogens is 240 g/mol. The summed E-state index contributed by atoms with van der Waals surface area (Å²) >= 11 is 0. The number of anilines is 1. The van der Waals surface area contributed by atoms with Gasteiger partial charge in [-0.1, -0.05) is 19.9 Å². The Balaban J connectivity index is 2.63. The summed E-state index contributed by atoms with van der Waals surface area (Å²) in [5, 5.41) is 11.8. The minimum absolute atomic E-state index is 0.445. The van der Waals surface area contributed by atoms with E-state index in [4.69, 9.17) is 4.74 Å². The van der Waals surface area contributed by atoms with Crippen molar-refractivity contribution >= 4 is 5.82 Å². The van der Waals surface area contributed by atoms with E-state index in [9.17, 15) is 0 Å². The minimum atomic E-state index is 0.445. The lowest BCUT2D eigenvalue weighted by Gasteiger charge is -2.21. The van der Waals surface area contributed by atoms with Gasteiger partial charge in [0.1, 0.15) is 0 Å². The predicted molar refractivity (Wildman–Crippen MR) is 78.3 cm³/mol. The van der Waals surface area contributed by atoms with E-state index in [-0.39, 0.29) is 0 Å². The molecule has 0 aliphatic carbocycles. The Kier molecular flexibility index (Phi) is 7.07. The standard InChI is InChI=1S/C14H24N4O/c1-5-8-18(9-10-19-4)14-7-6-13(16-17-14)11-15-12(2)3/h5-7,12,15H,1,8-11H2,2-4H3. The van der Waals surface area contributed by atoms with Crippen molar-refractivity contribution in [3.8, 4) is 0 Å². The van der Waals surface area contributed by atoms with Gasteiger partial charge in [0.2, 0.25) is 0 Å². The molecule has 0 saturated heterocycles. The molecule has 0 bridgehead atoms. The molecule has 0 unspecified atom stereocenters. The third-order valence-electron chi connectivity index (χ3n) is 2.64. The molecule has 0 spiro atoms. The fourth-order valence-corrected chi connectivity index (χ4v) is 1.58. The van der Waals surface area contributed by atoms with Gasteiger partial charge in [-0.3, -0.25) is 0 Å². The topological polar surface area (TPSA) is 50.3 Å². The van der Waals surface area contributed by atoms with E-state index >= 15 is 0 Å². The van der Waals surface area contributed by atoms with Crippen LogP contribution in [0.1, 0.15) is 19.5 Å². The van der Waals surface area contributed by atoms with E-state index in [0.717, 1.165) is 31.1 Å². The lowest BCUT2D eigenvalue weighted by molar-refractivity contribution is 0.205. The van der Waals surface area contributed by atoms with Gasteiger partial charge in [0.25, 0.3) is 0 Å². The van der Waals surface area contributed by atoms with Crippen LogP contribution < -0.4 is 10.2 Å². The number of methoxy groups -OCH3 is 1. The Labute approximate surface area is 115 Å². The first-order valence-corrected chi connectivity index (χ1v) is 6.58. The summed E-state index contributed by atoms with van der Waals surface area (Å²) in [5.74, 6) is 0.852. The molecule has 19 heavy (non-hydrogen) atoms. The van der Waals surface area contributed by atoms with Crippen LogP contribution in [0.2, 0.25) is 0 Å². The Morgan fingerprint density at radius 2 is 2.21 bits per heavy atom. The molecule has 1 aromatic rings. The lowest BCUT2D eigenvalue weighted by Crippen LogP contribution is -2.28. The van der Waals surface area contributed by atoms with Crippen LogP contribution in [-0.2, 0) is 11.3 Å². The number of aromatic nitrogens is 2. The van der Waals surface area contributed by atoms with Crippen molar-refractivity contribution < 1.29 is 4.74 Å². The smallest absolute Gasteiger partial charge is 0.151 e. The monoisotopic (exact) mass is 264 g/mol. The van der Waals surface area contributed by atoms with Crippen LogP contribution >= 0.6 is 0 Å². The second-order valence-electron chi connectivity index (χ2n) is 4.65. The highest BCUT2D eigenvalue weighted by molar-refractivity contribution is 5.38. The first-order chi connectivity index (χ1) is 9.17. The summed E-state index contributed by atoms with van der Waals surface area (Å²) in [4.78, 5) is 2.09. The quantitative estimate of drug-likeness (QED) is 0.687. The van der Waals surface area contributed by atoms with E-state index < -0.39 is 0 Å². The summed E-state index contributed by atoms with van der Waals surface area (Å²) in [6.45, 7) is 10.9. The fraction of sp³-hybridized carbons (Fsp3) is 0.571. The van der Waals surface area contributed by atoms with Crippen LogP contribution in [0.25, 0.3) is 0 Å². The predicted octanol–water partition coefficient (Wildman–Crippen LogP) is 1.61. The summed E-state index contributed by atoms with van der Waals surface area (Å²) < 4.78 is 5.09. The van der Waals surface area contributed by atoms with Crippen LogP contribution in [0.5, 0.6) is 0 Å². The molecule has 1 rings (SSSR count). The molecule has 1 heterocycles. The molecule has 106 valence electrons. The molecule has 1 N–H and O–H groups in total. The van der Waals surface area contributed by atoms with Gasteiger partial charge >= 0.3 is 0 Å². The molecule has 0 radical (unpaired) electrons. The molecule has 0 amide bonds. The summed E-state index contributed by atoms with van der Waals surface area (Å²) in [5.41, 5.74) is 0.947. The Bertz CT molecular complexity index is 364. The molecule has 1 aromatic heterocycles. The number of hydrogen-bond acceptors (Lipinski definition) is 5. The van der Waals surface area contributed by atoms with Gasteiger partial charge in [0.05, 0.1) is 12.3 Å². The van der Waals surface area contributed by atoms with E-state index in [1.807, 2.05) is 18.2 Å². The molecule has 5 nitrogen and oxygen atoms in total.